The van der Waals surface area contributed by atoms with Crippen LogP contribution in [0.2, 0.25) is 0 Å². The van der Waals surface area contributed by atoms with E-state index >= 15 is 0 Å². The van der Waals surface area contributed by atoms with Crippen LogP contribution in [0.4, 0.5) is 0 Å². The van der Waals surface area contributed by atoms with Crippen molar-refractivity contribution >= 4 is 9.84 Å². The predicted molar refractivity (Wildman–Crippen MR) is 73.5 cm³/mol. The lowest BCUT2D eigenvalue weighted by Crippen LogP contribution is -2.42. The number of nitrogens with two attached hydrogens (primary N) is 1. The molecule has 0 aliphatic heterocycles. The molecule has 0 amide bonds. The Bertz CT molecular complexity index is 509. The molecule has 0 aliphatic carbocycles. The van der Waals surface area contributed by atoms with Crippen LogP contribution in [-0.2, 0) is 9.84 Å². The number of sulfone groups is 1. The van der Waals surface area contributed by atoms with E-state index in [4.69, 9.17) is 10.5 Å². The summed E-state index contributed by atoms with van der Waals surface area (Å²) in [5, 5.41) is 0. The fourth-order valence-electron chi connectivity index (χ4n) is 1.63. The summed E-state index contributed by atoms with van der Waals surface area (Å²) in [4.78, 5) is 0. The van der Waals surface area contributed by atoms with Crippen molar-refractivity contribution in [2.75, 3.05) is 12.9 Å². The Hall–Kier alpha value is -1.07. The number of rotatable bonds is 5. The molecule has 0 saturated carbocycles. The minimum Gasteiger partial charge on any atom is -0.494 e. The maximum Gasteiger partial charge on any atom is 0.154 e. The van der Waals surface area contributed by atoms with E-state index in [-0.39, 0.29) is 0 Å². The first kappa shape index (κ1) is 15.0. The third kappa shape index (κ3) is 2.84. The Balaban J connectivity index is 3.23. The third-order valence-corrected chi connectivity index (χ3v) is 5.42. The average Bonchev–Trinajstić information content (AvgIpc) is 2.28. The molecule has 0 bridgehead atoms. The van der Waals surface area contributed by atoms with Crippen molar-refractivity contribution < 1.29 is 13.2 Å². The van der Waals surface area contributed by atoms with Crippen LogP contribution in [0.3, 0.4) is 0 Å². The highest BCUT2D eigenvalue weighted by molar-refractivity contribution is 7.92. The summed E-state index contributed by atoms with van der Waals surface area (Å²) < 4.78 is 28.1. The molecule has 0 heterocycles. The molecular formula is C13H21NO3S. The molecule has 0 radical (unpaired) electrons. The van der Waals surface area contributed by atoms with Gasteiger partial charge in [-0.3, -0.25) is 0 Å². The highest BCUT2D eigenvalue weighted by Gasteiger charge is 2.38. The van der Waals surface area contributed by atoms with Crippen molar-refractivity contribution in [3.8, 4) is 5.75 Å². The van der Waals surface area contributed by atoms with Gasteiger partial charge in [-0.1, -0.05) is 18.2 Å². The average molecular weight is 271 g/mol. The standard InChI is InChI=1S/C13H21NO3S/c1-5-17-11-9-7-6-8-10(11)12(14)13(2,3)18(4,15)16/h6-9,12H,5,14H2,1-4H3. The van der Waals surface area contributed by atoms with Crippen LogP contribution in [0.1, 0.15) is 32.4 Å². The molecule has 4 nitrogen and oxygen atoms in total. The van der Waals surface area contributed by atoms with Crippen LogP contribution < -0.4 is 10.5 Å². The molecule has 2 N–H and O–H groups in total. The SMILES string of the molecule is CCOc1ccccc1C(N)C(C)(C)S(C)(=O)=O. The molecule has 0 spiro atoms. The quantitative estimate of drug-likeness (QED) is 0.888. The van der Waals surface area contributed by atoms with Crippen LogP contribution in [0.5, 0.6) is 5.75 Å². The van der Waals surface area contributed by atoms with E-state index in [0.29, 0.717) is 12.4 Å². The molecule has 1 unspecified atom stereocenters. The van der Waals surface area contributed by atoms with Gasteiger partial charge in [-0.15, -0.1) is 0 Å². The second-order valence-corrected chi connectivity index (χ2v) is 7.42. The summed E-state index contributed by atoms with van der Waals surface area (Å²) in [6.07, 6.45) is 1.20. The summed E-state index contributed by atoms with van der Waals surface area (Å²) in [5.41, 5.74) is 6.85. The molecule has 0 aliphatic rings. The molecule has 0 saturated heterocycles. The summed E-state index contributed by atoms with van der Waals surface area (Å²) >= 11 is 0. The lowest BCUT2D eigenvalue weighted by atomic mass is 9.95. The van der Waals surface area contributed by atoms with Crippen LogP contribution in [0, 0.1) is 0 Å². The first-order chi connectivity index (χ1) is 8.21. The van der Waals surface area contributed by atoms with E-state index < -0.39 is 20.6 Å². The summed E-state index contributed by atoms with van der Waals surface area (Å²) in [6.45, 7) is 5.67. The maximum absolute atomic E-state index is 11.8. The molecule has 0 fully saturated rings. The minimum absolute atomic E-state index is 0.517. The fraction of sp³-hybridized carbons (Fsp3) is 0.538. The molecule has 1 aromatic carbocycles. The number of ether oxygens (including phenoxy) is 1. The Labute approximate surface area is 109 Å². The molecule has 0 aromatic heterocycles. The monoisotopic (exact) mass is 271 g/mol. The number of benzene rings is 1. The van der Waals surface area contributed by atoms with E-state index in [9.17, 15) is 8.42 Å². The Kier molecular flexibility index (Phi) is 4.40. The Morgan fingerprint density at radius 1 is 1.33 bits per heavy atom. The van der Waals surface area contributed by atoms with Crippen molar-refractivity contribution in [1.82, 2.24) is 0 Å². The lowest BCUT2D eigenvalue weighted by molar-refractivity contribution is 0.331. The highest BCUT2D eigenvalue weighted by Crippen LogP contribution is 2.34. The molecule has 102 valence electrons. The molecule has 18 heavy (non-hydrogen) atoms. The van der Waals surface area contributed by atoms with Gasteiger partial charge in [-0.25, -0.2) is 8.42 Å². The molecular weight excluding hydrogens is 250 g/mol. The first-order valence-electron chi connectivity index (χ1n) is 5.88. The van der Waals surface area contributed by atoms with E-state index in [1.165, 1.54) is 6.26 Å². The lowest BCUT2D eigenvalue weighted by Gasteiger charge is -2.30. The van der Waals surface area contributed by atoms with Crippen molar-refractivity contribution in [3.05, 3.63) is 29.8 Å². The molecule has 1 aromatic rings. The normalized spacial score (nSPS) is 14.3. The van der Waals surface area contributed by atoms with Gasteiger partial charge in [0, 0.05) is 11.8 Å². The van der Waals surface area contributed by atoms with Gasteiger partial charge in [0.25, 0.3) is 0 Å². The van der Waals surface area contributed by atoms with E-state index in [1.54, 1.807) is 19.9 Å². The van der Waals surface area contributed by atoms with Gasteiger partial charge in [-0.2, -0.15) is 0 Å². The van der Waals surface area contributed by atoms with Crippen molar-refractivity contribution in [1.29, 1.82) is 0 Å². The van der Waals surface area contributed by atoms with Gasteiger partial charge >= 0.3 is 0 Å². The minimum atomic E-state index is -3.26. The summed E-state index contributed by atoms with van der Waals surface area (Å²) in [5.74, 6) is 0.643. The van der Waals surface area contributed by atoms with E-state index in [1.807, 2.05) is 25.1 Å². The Morgan fingerprint density at radius 2 is 1.89 bits per heavy atom. The molecule has 1 rings (SSSR count). The molecule has 1 atom stereocenters. The first-order valence-corrected chi connectivity index (χ1v) is 7.78. The topological polar surface area (TPSA) is 69.4 Å². The molecule has 5 heteroatoms. The third-order valence-electron chi connectivity index (χ3n) is 3.26. The van der Waals surface area contributed by atoms with Gasteiger partial charge in [0.15, 0.2) is 9.84 Å². The Morgan fingerprint density at radius 3 is 2.39 bits per heavy atom. The maximum atomic E-state index is 11.8. The van der Waals surface area contributed by atoms with Gasteiger partial charge < -0.3 is 10.5 Å². The van der Waals surface area contributed by atoms with Crippen LogP contribution in [0.15, 0.2) is 24.3 Å². The zero-order valence-electron chi connectivity index (χ0n) is 11.3. The second kappa shape index (κ2) is 5.28. The fourth-order valence-corrected chi connectivity index (χ4v) is 2.22. The van der Waals surface area contributed by atoms with Crippen molar-refractivity contribution in [3.63, 3.8) is 0 Å². The number of hydrogen-bond donors (Lipinski definition) is 1. The van der Waals surface area contributed by atoms with Gasteiger partial charge in [0.05, 0.1) is 17.4 Å². The van der Waals surface area contributed by atoms with E-state index in [0.717, 1.165) is 5.56 Å². The highest BCUT2D eigenvalue weighted by atomic mass is 32.2. The zero-order valence-corrected chi connectivity index (χ0v) is 12.1. The number of hydrogen-bond acceptors (Lipinski definition) is 4. The number of para-hydroxylation sites is 1. The zero-order chi connectivity index (χ0) is 14.0. The van der Waals surface area contributed by atoms with Crippen molar-refractivity contribution in [2.45, 2.75) is 31.6 Å². The van der Waals surface area contributed by atoms with E-state index in [2.05, 4.69) is 0 Å². The summed E-state index contributed by atoms with van der Waals surface area (Å²) in [7, 11) is -3.26. The smallest absolute Gasteiger partial charge is 0.154 e. The van der Waals surface area contributed by atoms with Crippen LogP contribution >= 0.6 is 0 Å². The van der Waals surface area contributed by atoms with Gasteiger partial charge in [0.2, 0.25) is 0 Å². The predicted octanol–water partition coefficient (Wildman–Crippen LogP) is 1.91. The van der Waals surface area contributed by atoms with Gasteiger partial charge in [0.1, 0.15) is 5.75 Å². The van der Waals surface area contributed by atoms with Crippen LogP contribution in [-0.4, -0.2) is 26.0 Å². The largest absolute Gasteiger partial charge is 0.494 e. The van der Waals surface area contributed by atoms with Gasteiger partial charge in [-0.05, 0) is 26.8 Å². The second-order valence-electron chi connectivity index (χ2n) is 4.82. The van der Waals surface area contributed by atoms with Crippen LogP contribution in [0.25, 0.3) is 0 Å². The summed E-state index contributed by atoms with van der Waals surface area (Å²) in [6, 6.07) is 6.65. The van der Waals surface area contributed by atoms with Crippen molar-refractivity contribution in [2.24, 2.45) is 5.73 Å².